The van der Waals surface area contributed by atoms with Gasteiger partial charge in [-0.2, -0.15) is 0 Å². The van der Waals surface area contributed by atoms with Gasteiger partial charge in [-0.15, -0.1) is 10.2 Å². The van der Waals surface area contributed by atoms with E-state index in [2.05, 4.69) is 31.0 Å². The SMILES string of the molecule is CC(C)(C)c1nnc(Cl)n1CCC1CCOC1. The minimum atomic E-state index is -0.0215. The quantitative estimate of drug-likeness (QED) is 0.836. The average Bonchev–Trinajstić information content (AvgIpc) is 2.83. The highest BCUT2D eigenvalue weighted by molar-refractivity contribution is 6.28. The van der Waals surface area contributed by atoms with Crippen molar-refractivity contribution in [2.75, 3.05) is 13.2 Å². The Balaban J connectivity index is 2.06. The second kappa shape index (κ2) is 4.94. The van der Waals surface area contributed by atoms with Gasteiger partial charge in [0, 0.05) is 25.2 Å². The van der Waals surface area contributed by atoms with Gasteiger partial charge in [-0.25, -0.2) is 0 Å². The molecule has 1 atom stereocenters. The van der Waals surface area contributed by atoms with E-state index in [1.54, 1.807) is 0 Å². The highest BCUT2D eigenvalue weighted by atomic mass is 35.5. The first-order valence-electron chi connectivity index (χ1n) is 6.15. The van der Waals surface area contributed by atoms with Gasteiger partial charge < -0.3 is 9.30 Å². The van der Waals surface area contributed by atoms with E-state index in [0.29, 0.717) is 11.2 Å². The van der Waals surface area contributed by atoms with Crippen molar-refractivity contribution in [1.29, 1.82) is 0 Å². The fourth-order valence-corrected chi connectivity index (χ4v) is 2.36. The van der Waals surface area contributed by atoms with Crippen LogP contribution in [0.25, 0.3) is 0 Å². The molecule has 0 radical (unpaired) electrons. The summed E-state index contributed by atoms with van der Waals surface area (Å²) in [5.41, 5.74) is -0.0215. The first-order chi connectivity index (χ1) is 7.98. The van der Waals surface area contributed by atoms with Gasteiger partial charge >= 0.3 is 0 Å². The molecular formula is C12H20ClN3O. The van der Waals surface area contributed by atoms with Gasteiger partial charge in [0.2, 0.25) is 5.28 Å². The Morgan fingerprint density at radius 1 is 1.41 bits per heavy atom. The number of hydrogen-bond donors (Lipinski definition) is 0. The van der Waals surface area contributed by atoms with E-state index in [1.165, 1.54) is 0 Å². The Kier molecular flexibility index (Phi) is 3.73. The van der Waals surface area contributed by atoms with Crippen molar-refractivity contribution in [3.8, 4) is 0 Å². The van der Waals surface area contributed by atoms with Gasteiger partial charge in [-0.05, 0) is 30.4 Å². The molecular weight excluding hydrogens is 238 g/mol. The monoisotopic (exact) mass is 257 g/mol. The highest BCUT2D eigenvalue weighted by Crippen LogP contribution is 2.25. The third-order valence-corrected chi connectivity index (χ3v) is 3.44. The molecule has 0 N–H and O–H groups in total. The van der Waals surface area contributed by atoms with Crippen molar-refractivity contribution < 1.29 is 4.74 Å². The fourth-order valence-electron chi connectivity index (χ4n) is 2.16. The van der Waals surface area contributed by atoms with Gasteiger partial charge in [0.05, 0.1) is 0 Å². The van der Waals surface area contributed by atoms with Crippen molar-refractivity contribution >= 4 is 11.6 Å². The molecule has 17 heavy (non-hydrogen) atoms. The maximum absolute atomic E-state index is 6.09. The predicted octanol–water partition coefficient (Wildman–Crippen LogP) is 2.66. The second-order valence-corrected chi connectivity index (χ2v) is 6.05. The third kappa shape index (κ3) is 2.99. The van der Waals surface area contributed by atoms with E-state index in [-0.39, 0.29) is 5.41 Å². The Bertz CT molecular complexity index is 378. The number of rotatable bonds is 3. The molecule has 1 saturated heterocycles. The van der Waals surface area contributed by atoms with Gasteiger partial charge in [0.1, 0.15) is 5.82 Å². The van der Waals surface area contributed by atoms with Gasteiger partial charge in [-0.1, -0.05) is 20.8 Å². The van der Waals surface area contributed by atoms with E-state index < -0.39 is 0 Å². The summed E-state index contributed by atoms with van der Waals surface area (Å²) in [6.07, 6.45) is 2.24. The summed E-state index contributed by atoms with van der Waals surface area (Å²) in [6, 6.07) is 0. The molecule has 0 aromatic carbocycles. The molecule has 1 aromatic heterocycles. The summed E-state index contributed by atoms with van der Waals surface area (Å²) < 4.78 is 7.41. The zero-order chi connectivity index (χ0) is 12.5. The molecule has 1 aliphatic rings. The largest absolute Gasteiger partial charge is 0.381 e. The molecule has 5 heteroatoms. The van der Waals surface area contributed by atoms with Crippen LogP contribution in [0, 0.1) is 5.92 Å². The van der Waals surface area contributed by atoms with Crippen molar-refractivity contribution in [2.24, 2.45) is 5.92 Å². The molecule has 2 heterocycles. The van der Waals surface area contributed by atoms with E-state index in [1.807, 2.05) is 4.57 Å². The lowest BCUT2D eigenvalue weighted by Gasteiger charge is -2.19. The summed E-state index contributed by atoms with van der Waals surface area (Å²) in [6.45, 7) is 9.04. The standard InChI is InChI=1S/C12H20ClN3O/c1-12(2,3)10-14-15-11(13)16(10)6-4-9-5-7-17-8-9/h9H,4-8H2,1-3H3. The normalized spacial score (nSPS) is 21.1. The van der Waals surface area contributed by atoms with Crippen molar-refractivity contribution in [1.82, 2.24) is 14.8 Å². The van der Waals surface area contributed by atoms with E-state index in [9.17, 15) is 0 Å². The lowest BCUT2D eigenvalue weighted by Crippen LogP contribution is -2.20. The number of nitrogens with zero attached hydrogens (tertiary/aromatic N) is 3. The molecule has 1 unspecified atom stereocenters. The molecule has 2 rings (SSSR count). The first kappa shape index (κ1) is 12.8. The smallest absolute Gasteiger partial charge is 0.225 e. The molecule has 0 spiro atoms. The number of aromatic nitrogens is 3. The Morgan fingerprint density at radius 2 is 2.18 bits per heavy atom. The van der Waals surface area contributed by atoms with Crippen LogP contribution < -0.4 is 0 Å². The molecule has 0 bridgehead atoms. The van der Waals surface area contributed by atoms with Crippen LogP contribution in [0.15, 0.2) is 0 Å². The van der Waals surface area contributed by atoms with Crippen LogP contribution in [0.5, 0.6) is 0 Å². The Hall–Kier alpha value is -0.610. The molecule has 4 nitrogen and oxygen atoms in total. The maximum Gasteiger partial charge on any atom is 0.225 e. The molecule has 0 aliphatic carbocycles. The fraction of sp³-hybridized carbons (Fsp3) is 0.833. The van der Waals surface area contributed by atoms with Crippen LogP contribution in [-0.2, 0) is 16.7 Å². The molecule has 96 valence electrons. The van der Waals surface area contributed by atoms with E-state index in [4.69, 9.17) is 16.3 Å². The predicted molar refractivity (Wildman–Crippen MR) is 67.3 cm³/mol. The van der Waals surface area contributed by atoms with Gasteiger partial charge in [0.15, 0.2) is 0 Å². The maximum atomic E-state index is 6.09. The van der Waals surface area contributed by atoms with Crippen LogP contribution in [0.1, 0.15) is 39.4 Å². The van der Waals surface area contributed by atoms with Crippen LogP contribution >= 0.6 is 11.6 Å². The topological polar surface area (TPSA) is 39.9 Å². The number of halogens is 1. The van der Waals surface area contributed by atoms with E-state index >= 15 is 0 Å². The highest BCUT2D eigenvalue weighted by Gasteiger charge is 2.24. The van der Waals surface area contributed by atoms with Crippen LogP contribution in [0.4, 0.5) is 0 Å². The second-order valence-electron chi connectivity index (χ2n) is 5.71. The average molecular weight is 258 g/mol. The summed E-state index contributed by atoms with van der Waals surface area (Å²) >= 11 is 6.09. The van der Waals surface area contributed by atoms with Gasteiger partial charge in [-0.3, -0.25) is 0 Å². The lowest BCUT2D eigenvalue weighted by molar-refractivity contribution is 0.183. The first-order valence-corrected chi connectivity index (χ1v) is 6.53. The third-order valence-electron chi connectivity index (χ3n) is 3.16. The lowest BCUT2D eigenvalue weighted by atomic mass is 9.95. The minimum absolute atomic E-state index is 0.0215. The molecule has 0 amide bonds. The van der Waals surface area contributed by atoms with Crippen molar-refractivity contribution in [3.05, 3.63) is 11.1 Å². The van der Waals surface area contributed by atoms with Crippen molar-refractivity contribution in [2.45, 2.75) is 45.6 Å². The van der Waals surface area contributed by atoms with Crippen LogP contribution in [0.3, 0.4) is 0 Å². The Morgan fingerprint density at radius 3 is 2.76 bits per heavy atom. The minimum Gasteiger partial charge on any atom is -0.381 e. The molecule has 1 fully saturated rings. The number of hydrogen-bond acceptors (Lipinski definition) is 3. The van der Waals surface area contributed by atoms with Crippen LogP contribution in [0.2, 0.25) is 5.28 Å². The molecule has 0 saturated carbocycles. The zero-order valence-corrected chi connectivity index (χ0v) is 11.5. The summed E-state index contributed by atoms with van der Waals surface area (Å²) in [5.74, 6) is 1.61. The Labute approximate surface area is 107 Å². The van der Waals surface area contributed by atoms with Crippen molar-refractivity contribution in [3.63, 3.8) is 0 Å². The molecule has 1 aromatic rings. The number of ether oxygens (including phenoxy) is 1. The summed E-state index contributed by atoms with van der Waals surface area (Å²) in [5, 5.41) is 8.65. The van der Waals surface area contributed by atoms with Gasteiger partial charge in [0.25, 0.3) is 0 Å². The molecule has 1 aliphatic heterocycles. The summed E-state index contributed by atoms with van der Waals surface area (Å²) in [7, 11) is 0. The zero-order valence-electron chi connectivity index (χ0n) is 10.7. The summed E-state index contributed by atoms with van der Waals surface area (Å²) in [4.78, 5) is 0. The van der Waals surface area contributed by atoms with Crippen LogP contribution in [-0.4, -0.2) is 28.0 Å². The van der Waals surface area contributed by atoms with E-state index in [0.717, 1.165) is 38.4 Å².